The van der Waals surface area contributed by atoms with Gasteiger partial charge in [0, 0.05) is 44.0 Å². The number of anilines is 1. The maximum atomic E-state index is 6.19. The van der Waals surface area contributed by atoms with E-state index < -0.39 is 0 Å². The number of morpholine rings is 1. The molecule has 1 aliphatic rings. The molecule has 1 saturated heterocycles. The Kier molecular flexibility index (Phi) is 6.30. The molecular formula is C16H25ClN2O2. The lowest BCUT2D eigenvalue weighted by Crippen LogP contribution is -2.46. The Morgan fingerprint density at radius 3 is 2.71 bits per heavy atom. The van der Waals surface area contributed by atoms with Gasteiger partial charge in [0.05, 0.1) is 18.8 Å². The van der Waals surface area contributed by atoms with Crippen LogP contribution in [0, 0.1) is 0 Å². The van der Waals surface area contributed by atoms with Crippen LogP contribution in [0.2, 0.25) is 5.02 Å². The minimum Gasteiger partial charge on any atom is -0.383 e. The molecule has 1 N–H and O–H groups in total. The van der Waals surface area contributed by atoms with Gasteiger partial charge in [0.2, 0.25) is 0 Å². The highest BCUT2D eigenvalue weighted by atomic mass is 35.5. The van der Waals surface area contributed by atoms with Crippen molar-refractivity contribution < 1.29 is 9.47 Å². The summed E-state index contributed by atoms with van der Waals surface area (Å²) in [5.41, 5.74) is 2.46. The number of ether oxygens (including phenoxy) is 2. The molecule has 1 heterocycles. The fraction of sp³-hybridized carbons (Fsp3) is 0.625. The van der Waals surface area contributed by atoms with E-state index in [0.717, 1.165) is 31.2 Å². The third kappa shape index (κ3) is 4.85. The Morgan fingerprint density at radius 2 is 2.05 bits per heavy atom. The lowest BCUT2D eigenvalue weighted by molar-refractivity contribution is -0.00526. The molecule has 118 valence electrons. The van der Waals surface area contributed by atoms with Crippen molar-refractivity contribution in [3.63, 3.8) is 0 Å². The number of rotatable bonds is 6. The van der Waals surface area contributed by atoms with Crippen molar-refractivity contribution in [1.29, 1.82) is 0 Å². The molecule has 0 aliphatic carbocycles. The van der Waals surface area contributed by atoms with E-state index in [1.807, 2.05) is 6.07 Å². The van der Waals surface area contributed by atoms with Crippen molar-refractivity contribution in [2.45, 2.75) is 32.6 Å². The van der Waals surface area contributed by atoms with E-state index >= 15 is 0 Å². The predicted octanol–water partition coefficient (Wildman–Crippen LogP) is 2.69. The molecule has 1 aromatic carbocycles. The smallest absolute Gasteiger partial charge is 0.0726 e. The van der Waals surface area contributed by atoms with E-state index in [2.05, 4.69) is 36.2 Å². The van der Waals surface area contributed by atoms with Crippen LogP contribution in [0.1, 0.15) is 19.4 Å². The summed E-state index contributed by atoms with van der Waals surface area (Å²) in [5, 5.41) is 4.17. The van der Waals surface area contributed by atoms with Crippen LogP contribution in [0.5, 0.6) is 0 Å². The molecule has 0 spiro atoms. The predicted molar refractivity (Wildman–Crippen MR) is 87.3 cm³/mol. The molecule has 0 saturated carbocycles. The normalized spacial score (nSPS) is 22.6. The third-order valence-corrected chi connectivity index (χ3v) is 3.84. The van der Waals surface area contributed by atoms with Gasteiger partial charge >= 0.3 is 0 Å². The Hall–Kier alpha value is -0.810. The molecule has 2 rings (SSSR count). The van der Waals surface area contributed by atoms with Crippen molar-refractivity contribution in [1.82, 2.24) is 5.32 Å². The van der Waals surface area contributed by atoms with Crippen LogP contribution in [0.4, 0.5) is 5.69 Å². The van der Waals surface area contributed by atoms with Crippen molar-refractivity contribution in [2.75, 3.05) is 38.3 Å². The number of hydrogen-bond acceptors (Lipinski definition) is 4. The molecule has 1 aliphatic heterocycles. The van der Waals surface area contributed by atoms with Crippen LogP contribution in [0.3, 0.4) is 0 Å². The van der Waals surface area contributed by atoms with Gasteiger partial charge in [-0.25, -0.2) is 0 Å². The van der Waals surface area contributed by atoms with Crippen molar-refractivity contribution in [2.24, 2.45) is 0 Å². The molecule has 0 amide bonds. The van der Waals surface area contributed by atoms with Crippen LogP contribution in [0.15, 0.2) is 18.2 Å². The maximum Gasteiger partial charge on any atom is 0.0726 e. The summed E-state index contributed by atoms with van der Waals surface area (Å²) in [7, 11) is 1.71. The molecule has 21 heavy (non-hydrogen) atoms. The first kappa shape index (κ1) is 16.6. The minimum absolute atomic E-state index is 0.238. The summed E-state index contributed by atoms with van der Waals surface area (Å²) < 4.78 is 10.9. The number of nitrogens with zero attached hydrogens (tertiary/aromatic N) is 1. The van der Waals surface area contributed by atoms with E-state index in [0.29, 0.717) is 6.61 Å². The van der Waals surface area contributed by atoms with Crippen molar-refractivity contribution in [3.8, 4) is 0 Å². The van der Waals surface area contributed by atoms with Gasteiger partial charge in [-0.2, -0.15) is 0 Å². The van der Waals surface area contributed by atoms with Gasteiger partial charge in [-0.15, -0.1) is 0 Å². The first-order valence-corrected chi connectivity index (χ1v) is 7.86. The number of benzene rings is 1. The molecule has 4 nitrogen and oxygen atoms in total. The van der Waals surface area contributed by atoms with Gasteiger partial charge < -0.3 is 19.7 Å². The molecule has 5 heteroatoms. The second kappa shape index (κ2) is 7.99. The minimum atomic E-state index is 0.238. The molecule has 2 atom stereocenters. The Labute approximate surface area is 132 Å². The SMILES string of the molecule is COCCNCc1ccc(Cl)cc1N1C[C@@H](C)O[C@@H](C)C1. The van der Waals surface area contributed by atoms with Crippen molar-refractivity contribution >= 4 is 17.3 Å². The summed E-state index contributed by atoms with van der Waals surface area (Å²) in [6.07, 6.45) is 0.476. The standard InChI is InChI=1S/C16H25ClN2O2/c1-12-10-19(11-13(2)21-12)16-8-15(17)5-4-14(16)9-18-6-7-20-3/h4-5,8,12-13,18H,6-7,9-11H2,1-3H3/t12-,13+. The van der Waals surface area contributed by atoms with Crippen molar-refractivity contribution in [3.05, 3.63) is 28.8 Å². The van der Waals surface area contributed by atoms with Gasteiger partial charge in [-0.05, 0) is 31.5 Å². The largest absolute Gasteiger partial charge is 0.383 e. The zero-order chi connectivity index (χ0) is 15.2. The fourth-order valence-corrected chi connectivity index (χ4v) is 2.92. The van der Waals surface area contributed by atoms with Crippen LogP contribution in [-0.2, 0) is 16.0 Å². The first-order chi connectivity index (χ1) is 10.1. The van der Waals surface area contributed by atoms with Crippen LogP contribution in [0.25, 0.3) is 0 Å². The molecule has 0 unspecified atom stereocenters. The monoisotopic (exact) mass is 312 g/mol. The van der Waals surface area contributed by atoms with Crippen LogP contribution < -0.4 is 10.2 Å². The van der Waals surface area contributed by atoms with Gasteiger partial charge in [0.1, 0.15) is 0 Å². The van der Waals surface area contributed by atoms with E-state index in [1.165, 1.54) is 11.3 Å². The van der Waals surface area contributed by atoms with Gasteiger partial charge in [-0.3, -0.25) is 0 Å². The Bertz CT molecular complexity index is 446. The van der Waals surface area contributed by atoms with Gasteiger partial charge in [-0.1, -0.05) is 17.7 Å². The highest BCUT2D eigenvalue weighted by Gasteiger charge is 2.24. The number of methoxy groups -OCH3 is 1. The van der Waals surface area contributed by atoms with Gasteiger partial charge in [0.25, 0.3) is 0 Å². The van der Waals surface area contributed by atoms with E-state index in [9.17, 15) is 0 Å². The summed E-state index contributed by atoms with van der Waals surface area (Å²) in [6, 6.07) is 6.10. The molecular weight excluding hydrogens is 288 g/mol. The lowest BCUT2D eigenvalue weighted by Gasteiger charge is -2.38. The van der Waals surface area contributed by atoms with Gasteiger partial charge in [0.15, 0.2) is 0 Å². The quantitative estimate of drug-likeness (QED) is 0.819. The molecule has 0 aromatic heterocycles. The molecule has 0 radical (unpaired) electrons. The highest BCUT2D eigenvalue weighted by molar-refractivity contribution is 6.30. The molecule has 1 fully saturated rings. The topological polar surface area (TPSA) is 33.7 Å². The van der Waals surface area contributed by atoms with E-state index in [1.54, 1.807) is 7.11 Å². The average molecular weight is 313 g/mol. The van der Waals surface area contributed by atoms with Crippen LogP contribution in [-0.4, -0.2) is 45.6 Å². The first-order valence-electron chi connectivity index (χ1n) is 7.48. The lowest BCUT2D eigenvalue weighted by atomic mass is 10.1. The summed E-state index contributed by atoms with van der Waals surface area (Å²) >= 11 is 6.19. The third-order valence-electron chi connectivity index (χ3n) is 3.61. The summed E-state index contributed by atoms with van der Waals surface area (Å²) in [6.45, 7) is 8.40. The number of hydrogen-bond donors (Lipinski definition) is 1. The second-order valence-corrected chi connectivity index (χ2v) is 6.04. The number of halogens is 1. The zero-order valence-corrected chi connectivity index (χ0v) is 13.8. The average Bonchev–Trinajstić information content (AvgIpc) is 2.44. The molecule has 0 bridgehead atoms. The number of nitrogens with one attached hydrogen (secondary N) is 1. The summed E-state index contributed by atoms with van der Waals surface area (Å²) in [4.78, 5) is 2.37. The van der Waals surface area contributed by atoms with E-state index in [4.69, 9.17) is 21.1 Å². The fourth-order valence-electron chi connectivity index (χ4n) is 2.75. The second-order valence-electron chi connectivity index (χ2n) is 5.60. The Morgan fingerprint density at radius 1 is 1.33 bits per heavy atom. The molecule has 1 aromatic rings. The zero-order valence-electron chi connectivity index (χ0n) is 13.1. The Balaban J connectivity index is 2.10. The van der Waals surface area contributed by atoms with Crippen LogP contribution >= 0.6 is 11.6 Å². The maximum absolute atomic E-state index is 6.19. The summed E-state index contributed by atoms with van der Waals surface area (Å²) in [5.74, 6) is 0. The highest BCUT2D eigenvalue weighted by Crippen LogP contribution is 2.27. The van der Waals surface area contributed by atoms with E-state index in [-0.39, 0.29) is 12.2 Å².